The van der Waals surface area contributed by atoms with Crippen molar-refractivity contribution in [3.63, 3.8) is 0 Å². The number of nitrogens with zero attached hydrogens (tertiary/aromatic N) is 2. The topological polar surface area (TPSA) is 36.4 Å². The third kappa shape index (κ3) is 3.85. The Hall–Kier alpha value is -1.96. The van der Waals surface area contributed by atoms with E-state index in [-0.39, 0.29) is 6.04 Å². The zero-order chi connectivity index (χ0) is 19.0. The van der Waals surface area contributed by atoms with E-state index in [0.29, 0.717) is 12.1 Å². The molecule has 2 atom stereocenters. The van der Waals surface area contributed by atoms with Gasteiger partial charge in [-0.05, 0) is 49.2 Å². The van der Waals surface area contributed by atoms with Crippen LogP contribution in [0.25, 0.3) is 10.2 Å². The average Bonchev–Trinajstić information content (AvgIpc) is 3.27. The Bertz CT molecular complexity index is 890. The number of β-amino-alcohol motifs (C(OH)–C–C–N with tert-alkyl or cyclic N) is 1. The average molecular weight is 392 g/mol. The van der Waals surface area contributed by atoms with Crippen molar-refractivity contribution in [2.24, 2.45) is 0 Å². The van der Waals surface area contributed by atoms with Crippen LogP contribution in [-0.2, 0) is 6.18 Å². The van der Waals surface area contributed by atoms with Gasteiger partial charge in [-0.1, -0.05) is 24.3 Å². The van der Waals surface area contributed by atoms with Gasteiger partial charge in [-0.15, -0.1) is 11.3 Å². The summed E-state index contributed by atoms with van der Waals surface area (Å²) in [7, 11) is 0. The SMILES string of the molecule is OC(CN1CCCC1c1nc2ccccc2s1)c1ccc(C(F)(F)F)cc1. The Morgan fingerprint density at radius 2 is 1.89 bits per heavy atom. The van der Waals surface area contributed by atoms with Crippen LogP contribution in [0.1, 0.15) is 41.1 Å². The summed E-state index contributed by atoms with van der Waals surface area (Å²) in [5.74, 6) is 0. The van der Waals surface area contributed by atoms with Crippen LogP contribution >= 0.6 is 11.3 Å². The van der Waals surface area contributed by atoms with Crippen molar-refractivity contribution in [1.82, 2.24) is 9.88 Å². The maximum atomic E-state index is 12.7. The van der Waals surface area contributed by atoms with E-state index in [1.54, 1.807) is 11.3 Å². The molecule has 2 aromatic carbocycles. The van der Waals surface area contributed by atoms with Crippen LogP contribution in [0.3, 0.4) is 0 Å². The number of benzene rings is 2. The van der Waals surface area contributed by atoms with Crippen molar-refractivity contribution < 1.29 is 18.3 Å². The molecule has 0 bridgehead atoms. The second-order valence-electron chi connectivity index (χ2n) is 6.81. The predicted octanol–water partition coefficient (Wildman–Crippen LogP) is 5.19. The van der Waals surface area contributed by atoms with E-state index in [0.717, 1.165) is 46.7 Å². The zero-order valence-corrected chi connectivity index (χ0v) is 15.3. The van der Waals surface area contributed by atoms with Gasteiger partial charge in [-0.2, -0.15) is 13.2 Å². The second kappa shape index (κ2) is 7.22. The molecule has 0 spiro atoms. The molecule has 142 valence electrons. The summed E-state index contributed by atoms with van der Waals surface area (Å²) in [6.45, 7) is 1.23. The highest BCUT2D eigenvalue weighted by molar-refractivity contribution is 7.18. The van der Waals surface area contributed by atoms with Gasteiger partial charge >= 0.3 is 6.18 Å². The Labute approximate surface area is 159 Å². The van der Waals surface area contributed by atoms with Crippen molar-refractivity contribution in [2.45, 2.75) is 31.2 Å². The molecule has 0 saturated carbocycles. The molecule has 2 unspecified atom stereocenters. The number of fused-ring (bicyclic) bond motifs is 1. The molecule has 1 saturated heterocycles. The van der Waals surface area contributed by atoms with Gasteiger partial charge in [0.05, 0.1) is 27.9 Å². The normalized spacial score (nSPS) is 19.6. The fourth-order valence-corrected chi connectivity index (χ4v) is 4.72. The first-order valence-corrected chi connectivity index (χ1v) is 9.68. The number of halogens is 3. The number of rotatable bonds is 4. The van der Waals surface area contributed by atoms with Crippen molar-refractivity contribution in [3.8, 4) is 0 Å². The molecule has 1 fully saturated rings. The Balaban J connectivity index is 1.49. The van der Waals surface area contributed by atoms with Gasteiger partial charge < -0.3 is 5.11 Å². The van der Waals surface area contributed by atoms with Crippen LogP contribution in [0.5, 0.6) is 0 Å². The molecule has 1 aromatic heterocycles. The number of para-hydroxylation sites is 1. The van der Waals surface area contributed by atoms with Crippen LogP contribution in [0, 0.1) is 0 Å². The van der Waals surface area contributed by atoms with Crippen LogP contribution in [-0.4, -0.2) is 28.1 Å². The van der Waals surface area contributed by atoms with Crippen LogP contribution in [0.2, 0.25) is 0 Å². The van der Waals surface area contributed by atoms with Crippen molar-refractivity contribution in [1.29, 1.82) is 0 Å². The molecule has 7 heteroatoms. The predicted molar refractivity (Wildman–Crippen MR) is 99.6 cm³/mol. The highest BCUT2D eigenvalue weighted by Crippen LogP contribution is 2.37. The smallest absolute Gasteiger partial charge is 0.387 e. The number of aliphatic hydroxyl groups is 1. The van der Waals surface area contributed by atoms with E-state index in [9.17, 15) is 18.3 Å². The van der Waals surface area contributed by atoms with Gasteiger partial charge in [0, 0.05) is 6.54 Å². The Kier molecular flexibility index (Phi) is 4.92. The van der Waals surface area contributed by atoms with E-state index in [1.807, 2.05) is 24.3 Å². The molecule has 27 heavy (non-hydrogen) atoms. The number of alkyl halides is 3. The molecule has 1 aliphatic rings. The maximum Gasteiger partial charge on any atom is 0.416 e. The summed E-state index contributed by atoms with van der Waals surface area (Å²) >= 11 is 1.67. The molecular weight excluding hydrogens is 373 g/mol. The summed E-state index contributed by atoms with van der Waals surface area (Å²) in [6.07, 6.45) is -3.21. The maximum absolute atomic E-state index is 12.7. The molecule has 3 nitrogen and oxygen atoms in total. The third-order valence-corrected chi connectivity index (χ3v) is 6.13. The summed E-state index contributed by atoms with van der Waals surface area (Å²) in [5, 5.41) is 11.6. The van der Waals surface area contributed by atoms with Gasteiger partial charge in [0.15, 0.2) is 0 Å². The lowest BCUT2D eigenvalue weighted by molar-refractivity contribution is -0.137. The van der Waals surface area contributed by atoms with E-state index >= 15 is 0 Å². The van der Waals surface area contributed by atoms with Gasteiger partial charge in [0.2, 0.25) is 0 Å². The number of likely N-dealkylation sites (tertiary alicyclic amines) is 1. The molecule has 0 radical (unpaired) electrons. The number of hydrogen-bond acceptors (Lipinski definition) is 4. The quantitative estimate of drug-likeness (QED) is 0.664. The third-order valence-electron chi connectivity index (χ3n) is 4.99. The first-order valence-electron chi connectivity index (χ1n) is 8.86. The number of thiazole rings is 1. The largest absolute Gasteiger partial charge is 0.416 e. The monoisotopic (exact) mass is 392 g/mol. The van der Waals surface area contributed by atoms with Gasteiger partial charge in [-0.3, -0.25) is 4.90 Å². The van der Waals surface area contributed by atoms with Gasteiger partial charge in [0.1, 0.15) is 5.01 Å². The van der Waals surface area contributed by atoms with Crippen molar-refractivity contribution >= 4 is 21.6 Å². The van der Waals surface area contributed by atoms with Crippen LogP contribution in [0.15, 0.2) is 48.5 Å². The van der Waals surface area contributed by atoms with E-state index in [1.165, 1.54) is 12.1 Å². The molecule has 1 aliphatic heterocycles. The minimum absolute atomic E-state index is 0.145. The Morgan fingerprint density at radius 3 is 2.59 bits per heavy atom. The number of aliphatic hydroxyl groups excluding tert-OH is 1. The van der Waals surface area contributed by atoms with E-state index in [2.05, 4.69) is 4.90 Å². The minimum atomic E-state index is -4.36. The summed E-state index contributed by atoms with van der Waals surface area (Å²) in [6, 6.07) is 12.9. The molecule has 0 aliphatic carbocycles. The Morgan fingerprint density at radius 1 is 1.15 bits per heavy atom. The zero-order valence-electron chi connectivity index (χ0n) is 14.5. The summed E-state index contributed by atoms with van der Waals surface area (Å²) in [4.78, 5) is 6.91. The lowest BCUT2D eigenvalue weighted by atomic mass is 10.1. The lowest BCUT2D eigenvalue weighted by Crippen LogP contribution is -2.28. The molecule has 3 aromatic rings. The molecule has 4 rings (SSSR count). The van der Waals surface area contributed by atoms with Crippen molar-refractivity contribution in [3.05, 3.63) is 64.7 Å². The number of aromatic nitrogens is 1. The van der Waals surface area contributed by atoms with Crippen LogP contribution < -0.4 is 0 Å². The summed E-state index contributed by atoms with van der Waals surface area (Å²) in [5.41, 5.74) is 0.776. The van der Waals surface area contributed by atoms with Gasteiger partial charge in [0.25, 0.3) is 0 Å². The first kappa shape index (κ1) is 18.4. The van der Waals surface area contributed by atoms with Crippen LogP contribution in [0.4, 0.5) is 13.2 Å². The fraction of sp³-hybridized carbons (Fsp3) is 0.350. The van der Waals surface area contributed by atoms with E-state index in [4.69, 9.17) is 4.98 Å². The van der Waals surface area contributed by atoms with Crippen molar-refractivity contribution in [2.75, 3.05) is 13.1 Å². The number of hydrogen-bond donors (Lipinski definition) is 1. The molecule has 2 heterocycles. The van der Waals surface area contributed by atoms with E-state index < -0.39 is 17.8 Å². The molecule has 1 N–H and O–H groups in total. The lowest BCUT2D eigenvalue weighted by Gasteiger charge is -2.25. The standard InChI is InChI=1S/C20H19F3N2OS/c21-20(22,23)14-9-7-13(8-10-14)17(26)12-25-11-3-5-16(25)19-24-15-4-1-2-6-18(15)27-19/h1-2,4,6-10,16-17,26H,3,5,11-12H2. The highest BCUT2D eigenvalue weighted by Gasteiger charge is 2.32. The molecule has 0 amide bonds. The fourth-order valence-electron chi connectivity index (χ4n) is 3.58. The highest BCUT2D eigenvalue weighted by atomic mass is 32.1. The summed E-state index contributed by atoms with van der Waals surface area (Å²) < 4.78 is 39.2. The minimum Gasteiger partial charge on any atom is -0.387 e. The second-order valence-corrected chi connectivity index (χ2v) is 7.87. The molecular formula is C20H19F3N2OS. The first-order chi connectivity index (χ1) is 12.9. The van der Waals surface area contributed by atoms with Gasteiger partial charge in [-0.25, -0.2) is 4.98 Å².